The summed E-state index contributed by atoms with van der Waals surface area (Å²) in [5.74, 6) is -1.51. The zero-order chi connectivity index (χ0) is 17.9. The SMILES string of the molecule is CCc1nc(C)ncc1C(=O)NC[C@@](C)(O)c1ccc(F)cc1F. The Hall–Kier alpha value is -2.41. The lowest BCUT2D eigenvalue weighted by molar-refractivity contribution is 0.0494. The molecule has 128 valence electrons. The fourth-order valence-corrected chi connectivity index (χ4v) is 2.35. The molecule has 24 heavy (non-hydrogen) atoms. The second-order valence-electron chi connectivity index (χ2n) is 5.71. The number of hydrogen-bond donors (Lipinski definition) is 2. The molecule has 2 aromatic rings. The van der Waals surface area contributed by atoms with Crippen molar-refractivity contribution in [2.45, 2.75) is 32.8 Å². The summed E-state index contributed by atoms with van der Waals surface area (Å²) in [6.07, 6.45) is 1.97. The lowest BCUT2D eigenvalue weighted by Crippen LogP contribution is -2.39. The number of amides is 1. The first-order chi connectivity index (χ1) is 11.2. The first-order valence-corrected chi connectivity index (χ1v) is 7.53. The summed E-state index contributed by atoms with van der Waals surface area (Å²) in [5.41, 5.74) is -0.892. The van der Waals surface area contributed by atoms with Crippen molar-refractivity contribution >= 4 is 5.91 Å². The van der Waals surface area contributed by atoms with E-state index in [1.807, 2.05) is 6.92 Å². The summed E-state index contributed by atoms with van der Waals surface area (Å²) in [6.45, 7) is 4.69. The van der Waals surface area contributed by atoms with Crippen LogP contribution in [-0.2, 0) is 12.0 Å². The highest BCUT2D eigenvalue weighted by Gasteiger charge is 2.28. The molecule has 1 aromatic carbocycles. The van der Waals surface area contributed by atoms with Gasteiger partial charge in [-0.25, -0.2) is 18.7 Å². The molecule has 0 bridgehead atoms. The number of rotatable bonds is 5. The number of nitrogens with one attached hydrogen (secondary N) is 1. The molecule has 1 aromatic heterocycles. The van der Waals surface area contributed by atoms with E-state index in [1.165, 1.54) is 13.1 Å². The zero-order valence-corrected chi connectivity index (χ0v) is 13.7. The van der Waals surface area contributed by atoms with Crippen LogP contribution in [0, 0.1) is 18.6 Å². The molecule has 0 saturated heterocycles. The second kappa shape index (κ2) is 7.00. The van der Waals surface area contributed by atoms with E-state index in [1.54, 1.807) is 6.92 Å². The Morgan fingerprint density at radius 1 is 1.38 bits per heavy atom. The Kier molecular flexibility index (Phi) is 5.23. The van der Waals surface area contributed by atoms with Gasteiger partial charge in [0, 0.05) is 17.8 Å². The minimum atomic E-state index is -1.69. The molecule has 0 aliphatic heterocycles. The third-order valence-corrected chi connectivity index (χ3v) is 3.67. The molecule has 0 unspecified atom stereocenters. The summed E-state index contributed by atoms with van der Waals surface area (Å²) in [7, 11) is 0. The number of hydrogen-bond acceptors (Lipinski definition) is 4. The maximum atomic E-state index is 13.8. The first kappa shape index (κ1) is 17.9. The van der Waals surface area contributed by atoms with Crippen LogP contribution in [0.4, 0.5) is 8.78 Å². The van der Waals surface area contributed by atoms with Crippen LogP contribution in [0.1, 0.15) is 41.3 Å². The maximum Gasteiger partial charge on any atom is 0.254 e. The number of nitrogens with zero attached hydrogens (tertiary/aromatic N) is 2. The number of aliphatic hydroxyl groups is 1. The molecular weight excluding hydrogens is 316 g/mol. The van der Waals surface area contributed by atoms with Gasteiger partial charge in [-0.15, -0.1) is 0 Å². The molecule has 0 saturated carbocycles. The van der Waals surface area contributed by atoms with Gasteiger partial charge in [-0.2, -0.15) is 0 Å². The van der Waals surface area contributed by atoms with Crippen molar-refractivity contribution in [2.75, 3.05) is 6.54 Å². The summed E-state index contributed by atoms with van der Waals surface area (Å²) < 4.78 is 26.8. The van der Waals surface area contributed by atoms with Gasteiger partial charge in [0.2, 0.25) is 0 Å². The quantitative estimate of drug-likeness (QED) is 0.879. The Morgan fingerprint density at radius 2 is 2.08 bits per heavy atom. The van der Waals surface area contributed by atoms with Crippen LogP contribution >= 0.6 is 0 Å². The van der Waals surface area contributed by atoms with E-state index in [-0.39, 0.29) is 12.1 Å². The predicted molar refractivity (Wildman–Crippen MR) is 84.4 cm³/mol. The number of halogens is 2. The van der Waals surface area contributed by atoms with Gasteiger partial charge in [-0.05, 0) is 26.3 Å². The van der Waals surface area contributed by atoms with E-state index in [4.69, 9.17) is 0 Å². The lowest BCUT2D eigenvalue weighted by Gasteiger charge is -2.25. The monoisotopic (exact) mass is 335 g/mol. The minimum absolute atomic E-state index is 0.0972. The van der Waals surface area contributed by atoms with E-state index in [0.717, 1.165) is 12.1 Å². The summed E-state index contributed by atoms with van der Waals surface area (Å²) in [6, 6.07) is 2.90. The number of aryl methyl sites for hydroxylation is 2. The summed E-state index contributed by atoms with van der Waals surface area (Å²) in [5, 5.41) is 13.0. The molecule has 2 rings (SSSR count). The van der Waals surface area contributed by atoms with Gasteiger partial charge in [-0.1, -0.05) is 13.0 Å². The average Bonchev–Trinajstić information content (AvgIpc) is 2.52. The van der Waals surface area contributed by atoms with Crippen LogP contribution in [0.15, 0.2) is 24.4 Å². The lowest BCUT2D eigenvalue weighted by atomic mass is 9.95. The van der Waals surface area contributed by atoms with Crippen molar-refractivity contribution in [2.24, 2.45) is 0 Å². The van der Waals surface area contributed by atoms with Gasteiger partial charge in [0.15, 0.2) is 0 Å². The molecule has 0 aliphatic carbocycles. The molecule has 0 spiro atoms. The van der Waals surface area contributed by atoms with E-state index >= 15 is 0 Å². The second-order valence-corrected chi connectivity index (χ2v) is 5.71. The highest BCUT2D eigenvalue weighted by Crippen LogP contribution is 2.23. The van der Waals surface area contributed by atoms with Gasteiger partial charge >= 0.3 is 0 Å². The largest absolute Gasteiger partial charge is 0.383 e. The standard InChI is InChI=1S/C17H19F2N3O2/c1-4-15-12(8-20-10(2)22-15)16(23)21-9-17(3,24)13-6-5-11(18)7-14(13)19/h5-8,24H,4,9H2,1-3H3,(H,21,23)/t17-/m1/s1. The van der Waals surface area contributed by atoms with Gasteiger partial charge < -0.3 is 10.4 Å². The Bertz CT molecular complexity index is 763. The summed E-state index contributed by atoms with van der Waals surface area (Å²) in [4.78, 5) is 20.5. The molecule has 7 heteroatoms. The third-order valence-electron chi connectivity index (χ3n) is 3.67. The highest BCUT2D eigenvalue weighted by atomic mass is 19.1. The van der Waals surface area contributed by atoms with Crippen LogP contribution < -0.4 is 5.32 Å². The van der Waals surface area contributed by atoms with Crippen LogP contribution in [-0.4, -0.2) is 27.5 Å². The smallest absolute Gasteiger partial charge is 0.254 e. The van der Waals surface area contributed by atoms with Gasteiger partial charge in [0.05, 0.1) is 17.8 Å². The van der Waals surface area contributed by atoms with E-state index in [9.17, 15) is 18.7 Å². The van der Waals surface area contributed by atoms with Crippen LogP contribution in [0.5, 0.6) is 0 Å². The molecule has 5 nitrogen and oxygen atoms in total. The van der Waals surface area contributed by atoms with Gasteiger partial charge in [0.1, 0.15) is 23.1 Å². The van der Waals surface area contributed by atoms with Crippen LogP contribution in [0.2, 0.25) is 0 Å². The highest BCUT2D eigenvalue weighted by molar-refractivity contribution is 5.95. The first-order valence-electron chi connectivity index (χ1n) is 7.53. The van der Waals surface area contributed by atoms with Gasteiger partial charge in [-0.3, -0.25) is 4.79 Å². The molecular formula is C17H19F2N3O2. The number of carbonyl (C=O) groups is 1. The normalized spacial score (nSPS) is 13.4. The van der Waals surface area contributed by atoms with Crippen LogP contribution in [0.25, 0.3) is 0 Å². The molecule has 0 radical (unpaired) electrons. The number of aromatic nitrogens is 2. The molecule has 1 heterocycles. The Morgan fingerprint density at radius 3 is 2.71 bits per heavy atom. The molecule has 1 atom stereocenters. The van der Waals surface area contributed by atoms with E-state index < -0.39 is 23.1 Å². The van der Waals surface area contributed by atoms with Crippen molar-refractivity contribution in [1.29, 1.82) is 0 Å². The number of carbonyl (C=O) groups excluding carboxylic acids is 1. The summed E-state index contributed by atoms with van der Waals surface area (Å²) >= 11 is 0. The molecule has 0 fully saturated rings. The Labute approximate surface area is 138 Å². The van der Waals surface area contributed by atoms with Crippen molar-refractivity contribution in [1.82, 2.24) is 15.3 Å². The minimum Gasteiger partial charge on any atom is -0.383 e. The third kappa shape index (κ3) is 3.91. The number of benzene rings is 1. The van der Waals surface area contributed by atoms with Crippen molar-refractivity contribution in [3.05, 3.63) is 58.7 Å². The topological polar surface area (TPSA) is 75.1 Å². The van der Waals surface area contributed by atoms with Crippen molar-refractivity contribution in [3.8, 4) is 0 Å². The van der Waals surface area contributed by atoms with E-state index in [0.29, 0.717) is 29.6 Å². The fraction of sp³-hybridized carbons (Fsp3) is 0.353. The fourth-order valence-electron chi connectivity index (χ4n) is 2.35. The molecule has 2 N–H and O–H groups in total. The van der Waals surface area contributed by atoms with Gasteiger partial charge in [0.25, 0.3) is 5.91 Å². The zero-order valence-electron chi connectivity index (χ0n) is 13.7. The maximum absolute atomic E-state index is 13.8. The van der Waals surface area contributed by atoms with Crippen molar-refractivity contribution in [3.63, 3.8) is 0 Å². The Balaban J connectivity index is 2.15. The molecule has 0 aliphatic rings. The molecule has 1 amide bonds. The predicted octanol–water partition coefficient (Wildman–Crippen LogP) is 2.26. The van der Waals surface area contributed by atoms with E-state index in [2.05, 4.69) is 15.3 Å². The average molecular weight is 335 g/mol. The van der Waals surface area contributed by atoms with Crippen molar-refractivity contribution < 1.29 is 18.7 Å². The van der Waals surface area contributed by atoms with Crippen LogP contribution in [0.3, 0.4) is 0 Å².